The molecule has 0 spiro atoms. The fraction of sp³-hybridized carbons (Fsp3) is 0.353. The molecule has 1 fully saturated rings. The van der Waals surface area contributed by atoms with Crippen LogP contribution in [0.1, 0.15) is 29.3 Å². The predicted octanol–water partition coefficient (Wildman–Crippen LogP) is 3.13. The number of carbonyl (C=O) groups is 1. The van der Waals surface area contributed by atoms with E-state index < -0.39 is 0 Å². The van der Waals surface area contributed by atoms with E-state index in [-0.39, 0.29) is 24.7 Å². The lowest BCUT2D eigenvalue weighted by Gasteiger charge is -2.20. The zero-order chi connectivity index (χ0) is 17.8. The summed E-state index contributed by atoms with van der Waals surface area (Å²) >= 11 is 3.03. The number of rotatable bonds is 5. The molecule has 3 aromatic rings. The molecule has 3 aromatic heterocycles. The molecule has 2 N–H and O–H groups in total. The second-order valence-corrected chi connectivity index (χ2v) is 7.97. The number of amides is 1. The highest BCUT2D eigenvalue weighted by Gasteiger charge is 2.18. The summed E-state index contributed by atoms with van der Waals surface area (Å²) in [5.74, 6) is 0.444. The maximum Gasteiger partial charge on any atom is 0.232 e. The third-order valence-electron chi connectivity index (χ3n) is 4.19. The molecule has 0 aliphatic carbocycles. The van der Waals surface area contributed by atoms with Crippen molar-refractivity contribution < 1.29 is 4.79 Å². The van der Waals surface area contributed by atoms with E-state index in [1.165, 1.54) is 16.2 Å². The van der Waals surface area contributed by atoms with E-state index in [0.717, 1.165) is 42.3 Å². The minimum absolute atomic E-state index is 0. The molecule has 27 heavy (non-hydrogen) atoms. The van der Waals surface area contributed by atoms with E-state index in [9.17, 15) is 4.79 Å². The molecule has 0 radical (unpaired) electrons. The minimum atomic E-state index is -0.104. The number of halogens is 1. The summed E-state index contributed by atoms with van der Waals surface area (Å²) in [5, 5.41) is 9.56. The van der Waals surface area contributed by atoms with Gasteiger partial charge < -0.3 is 10.6 Å². The van der Waals surface area contributed by atoms with Crippen LogP contribution in [0.3, 0.4) is 0 Å². The van der Waals surface area contributed by atoms with Crippen molar-refractivity contribution in [3.63, 3.8) is 0 Å². The first-order valence-corrected chi connectivity index (χ1v) is 10.1. The van der Waals surface area contributed by atoms with Crippen LogP contribution in [0.2, 0.25) is 0 Å². The minimum Gasteiger partial charge on any atom is -0.317 e. The quantitative estimate of drug-likeness (QED) is 0.656. The second-order valence-electron chi connectivity index (χ2n) is 6.05. The summed E-state index contributed by atoms with van der Waals surface area (Å²) in [5.41, 5.74) is 1.44. The van der Waals surface area contributed by atoms with Crippen LogP contribution in [0.15, 0.2) is 30.2 Å². The number of nitrogens with zero attached hydrogens (tertiary/aromatic N) is 4. The highest BCUT2D eigenvalue weighted by molar-refractivity contribution is 7.15. The highest BCUT2D eigenvalue weighted by Crippen LogP contribution is 2.31. The van der Waals surface area contributed by atoms with Gasteiger partial charge in [0.25, 0.3) is 0 Å². The van der Waals surface area contributed by atoms with Gasteiger partial charge in [-0.1, -0.05) is 0 Å². The van der Waals surface area contributed by atoms with Gasteiger partial charge in [0.05, 0.1) is 18.3 Å². The number of thiazole rings is 2. The first-order valence-electron chi connectivity index (χ1n) is 8.45. The van der Waals surface area contributed by atoms with Crippen molar-refractivity contribution in [1.29, 1.82) is 0 Å². The van der Waals surface area contributed by atoms with Crippen LogP contribution >= 0.6 is 35.1 Å². The first-order chi connectivity index (χ1) is 12.8. The Kier molecular flexibility index (Phi) is 6.84. The van der Waals surface area contributed by atoms with Gasteiger partial charge in [0, 0.05) is 28.8 Å². The van der Waals surface area contributed by atoms with E-state index in [4.69, 9.17) is 0 Å². The Bertz CT molecular complexity index is 878. The van der Waals surface area contributed by atoms with Crippen LogP contribution in [0.5, 0.6) is 0 Å². The Hall–Kier alpha value is -1.94. The zero-order valence-electron chi connectivity index (χ0n) is 14.4. The lowest BCUT2D eigenvalue weighted by Crippen LogP contribution is -2.26. The van der Waals surface area contributed by atoms with E-state index in [2.05, 4.69) is 30.6 Å². The van der Waals surface area contributed by atoms with Gasteiger partial charge >= 0.3 is 0 Å². The number of anilines is 1. The molecule has 10 heteroatoms. The molecular weight excluding hydrogens is 404 g/mol. The van der Waals surface area contributed by atoms with Gasteiger partial charge in [-0.3, -0.25) is 14.8 Å². The van der Waals surface area contributed by atoms with Crippen molar-refractivity contribution >= 4 is 46.1 Å². The Morgan fingerprint density at radius 1 is 1.22 bits per heavy atom. The van der Waals surface area contributed by atoms with Gasteiger partial charge in [-0.05, 0) is 31.8 Å². The summed E-state index contributed by atoms with van der Waals surface area (Å²) < 4.78 is 0. The summed E-state index contributed by atoms with van der Waals surface area (Å²) in [6, 6.07) is 0. The van der Waals surface area contributed by atoms with Crippen molar-refractivity contribution in [1.82, 2.24) is 25.3 Å². The summed E-state index contributed by atoms with van der Waals surface area (Å²) in [6.07, 6.45) is 9.28. The maximum absolute atomic E-state index is 12.3. The Morgan fingerprint density at radius 2 is 2.07 bits per heavy atom. The van der Waals surface area contributed by atoms with Crippen LogP contribution in [0.4, 0.5) is 5.13 Å². The number of piperidine rings is 1. The monoisotopic (exact) mass is 422 g/mol. The maximum atomic E-state index is 12.3. The number of nitrogens with one attached hydrogen (secondary N) is 2. The first kappa shape index (κ1) is 19.8. The molecule has 1 saturated heterocycles. The predicted molar refractivity (Wildman–Crippen MR) is 110 cm³/mol. The van der Waals surface area contributed by atoms with E-state index >= 15 is 0 Å². The van der Waals surface area contributed by atoms with Crippen molar-refractivity contribution in [3.8, 4) is 10.7 Å². The smallest absolute Gasteiger partial charge is 0.232 e. The van der Waals surface area contributed by atoms with E-state index in [1.807, 2.05) is 11.6 Å². The van der Waals surface area contributed by atoms with Gasteiger partial charge in [-0.25, -0.2) is 9.97 Å². The molecule has 1 aliphatic heterocycles. The Balaban J connectivity index is 0.00000210. The summed E-state index contributed by atoms with van der Waals surface area (Å²) in [7, 11) is 0. The summed E-state index contributed by atoms with van der Waals surface area (Å²) in [4.78, 5) is 30.6. The third kappa shape index (κ3) is 5.07. The number of aromatic nitrogens is 4. The van der Waals surface area contributed by atoms with Gasteiger partial charge in [0.1, 0.15) is 10.7 Å². The molecule has 0 aromatic carbocycles. The van der Waals surface area contributed by atoms with E-state index in [1.54, 1.807) is 29.9 Å². The standard InChI is InChI=1S/C17H18N6OS2.ClH/c24-15(7-12-10-25-16(22-12)13-8-19-5-6-20-13)23-17-21-9-14(26-17)11-1-3-18-4-2-11;/h5-6,8-11,18H,1-4,7H2,(H,21,23,24);1H. The molecule has 0 unspecified atom stereocenters. The molecule has 0 bridgehead atoms. The normalized spacial score (nSPS) is 14.5. The Labute approximate surface area is 171 Å². The van der Waals surface area contributed by atoms with Crippen molar-refractivity contribution in [2.45, 2.75) is 25.2 Å². The van der Waals surface area contributed by atoms with Crippen molar-refractivity contribution in [3.05, 3.63) is 40.7 Å². The van der Waals surface area contributed by atoms with Crippen LogP contribution in [-0.2, 0) is 11.2 Å². The Morgan fingerprint density at radius 3 is 2.85 bits per heavy atom. The SMILES string of the molecule is Cl.O=C(Cc1csc(-c2cnccn2)n1)Nc1ncc(C2CCNCC2)s1. The molecule has 0 saturated carbocycles. The van der Waals surface area contributed by atoms with Crippen LogP contribution in [0.25, 0.3) is 10.7 Å². The van der Waals surface area contributed by atoms with Gasteiger partial charge in [-0.2, -0.15) is 0 Å². The van der Waals surface area contributed by atoms with E-state index in [0.29, 0.717) is 11.0 Å². The van der Waals surface area contributed by atoms with Crippen LogP contribution in [-0.4, -0.2) is 38.9 Å². The van der Waals surface area contributed by atoms with Crippen molar-refractivity contribution in [2.75, 3.05) is 18.4 Å². The fourth-order valence-corrected chi connectivity index (χ4v) is 4.66. The molecular formula is C17H19ClN6OS2. The van der Waals surface area contributed by atoms with Gasteiger partial charge in [-0.15, -0.1) is 35.1 Å². The lowest BCUT2D eigenvalue weighted by molar-refractivity contribution is -0.115. The molecule has 1 aliphatic rings. The average molecular weight is 423 g/mol. The fourth-order valence-electron chi connectivity index (χ4n) is 2.88. The lowest BCUT2D eigenvalue weighted by atomic mass is 9.97. The molecule has 4 heterocycles. The number of hydrogen-bond acceptors (Lipinski definition) is 8. The number of carbonyl (C=O) groups excluding carboxylic acids is 1. The molecule has 0 atom stereocenters. The largest absolute Gasteiger partial charge is 0.317 e. The topological polar surface area (TPSA) is 92.7 Å². The molecule has 142 valence electrons. The van der Waals surface area contributed by atoms with Crippen LogP contribution < -0.4 is 10.6 Å². The summed E-state index contributed by atoms with van der Waals surface area (Å²) in [6.45, 7) is 2.09. The highest BCUT2D eigenvalue weighted by atomic mass is 35.5. The molecule has 7 nitrogen and oxygen atoms in total. The average Bonchev–Trinajstić information content (AvgIpc) is 3.33. The van der Waals surface area contributed by atoms with Crippen molar-refractivity contribution in [2.24, 2.45) is 0 Å². The third-order valence-corrected chi connectivity index (χ3v) is 6.18. The molecule has 1 amide bonds. The van der Waals surface area contributed by atoms with Gasteiger partial charge in [0.15, 0.2) is 5.13 Å². The van der Waals surface area contributed by atoms with Crippen LogP contribution in [0, 0.1) is 0 Å². The zero-order valence-corrected chi connectivity index (χ0v) is 16.9. The second kappa shape index (κ2) is 9.32. The van der Waals surface area contributed by atoms with Gasteiger partial charge in [0.2, 0.25) is 5.91 Å². The molecule has 4 rings (SSSR count). The number of hydrogen-bond donors (Lipinski definition) is 2.